The fraction of sp³-hybridized carbons (Fsp3) is 0.963. The number of carbonyl (C=O) groups is 1. The van der Waals surface area contributed by atoms with Crippen LogP contribution in [0.5, 0.6) is 0 Å². The van der Waals surface area contributed by atoms with Crippen molar-refractivity contribution in [2.75, 3.05) is 33.8 Å². The molecule has 0 spiro atoms. The van der Waals surface area contributed by atoms with Gasteiger partial charge in [0.25, 0.3) is 0 Å². The van der Waals surface area contributed by atoms with E-state index in [1.807, 2.05) is 0 Å². The highest BCUT2D eigenvalue weighted by atomic mass is 16.5. The number of aliphatic hydroxyl groups is 1. The molecule has 0 aromatic carbocycles. The molecule has 0 saturated carbocycles. The summed E-state index contributed by atoms with van der Waals surface area (Å²) in [5.74, 6) is -0.215. The third-order valence-corrected chi connectivity index (χ3v) is 6.16. The maximum atomic E-state index is 11.8. The first-order chi connectivity index (χ1) is 14.9. The molecular weight excluding hydrogens is 386 g/mol. The average molecular weight is 443 g/mol. The first-order valence-corrected chi connectivity index (χ1v) is 13.5. The van der Waals surface area contributed by atoms with Gasteiger partial charge in [-0.25, -0.2) is 4.79 Å². The molecule has 0 aliphatic carbocycles. The summed E-state index contributed by atoms with van der Waals surface area (Å²) < 4.78 is 5.74. The normalized spacial score (nSPS) is 12.8. The highest BCUT2D eigenvalue weighted by molar-refractivity contribution is 5.70. The van der Waals surface area contributed by atoms with Crippen molar-refractivity contribution in [1.82, 2.24) is 0 Å². The second-order valence-electron chi connectivity index (χ2n) is 10.4. The van der Waals surface area contributed by atoms with Crippen LogP contribution < -0.4 is 0 Å². The van der Waals surface area contributed by atoms with Crippen LogP contribution in [-0.4, -0.2) is 55.5 Å². The van der Waals surface area contributed by atoms with E-state index < -0.39 is 6.10 Å². The van der Waals surface area contributed by atoms with E-state index >= 15 is 0 Å². The van der Waals surface area contributed by atoms with Crippen LogP contribution in [0.25, 0.3) is 0 Å². The molecule has 0 fully saturated rings. The minimum atomic E-state index is -0.588. The minimum absolute atomic E-state index is 0.0953. The molecular formula is C27H56NO3+. The Bertz CT molecular complexity index is 396. The number of esters is 1. The molecule has 4 nitrogen and oxygen atoms in total. The van der Waals surface area contributed by atoms with E-state index in [4.69, 9.17) is 4.74 Å². The highest BCUT2D eigenvalue weighted by Crippen LogP contribution is 2.14. The van der Waals surface area contributed by atoms with Crippen molar-refractivity contribution in [1.29, 1.82) is 0 Å². The molecule has 0 aromatic heterocycles. The Morgan fingerprint density at radius 2 is 1.06 bits per heavy atom. The lowest BCUT2D eigenvalue weighted by atomic mass is 10.0. The lowest BCUT2D eigenvalue weighted by molar-refractivity contribution is -0.883. The fourth-order valence-corrected chi connectivity index (χ4v) is 4.13. The van der Waals surface area contributed by atoms with E-state index in [0.717, 1.165) is 13.0 Å². The SMILES string of the molecule is CCCCCCCCCCCCCCCCCCCC[N+](C)(C)CC(=O)OCC(C)O. The zero-order chi connectivity index (χ0) is 23.2. The number of hydrogen-bond acceptors (Lipinski definition) is 3. The molecule has 0 heterocycles. The molecule has 0 aliphatic heterocycles. The first-order valence-electron chi connectivity index (χ1n) is 13.5. The summed E-state index contributed by atoms with van der Waals surface area (Å²) in [6.07, 6.45) is 24.4. The highest BCUT2D eigenvalue weighted by Gasteiger charge is 2.20. The Morgan fingerprint density at radius 1 is 0.710 bits per heavy atom. The Kier molecular flexibility index (Phi) is 20.8. The van der Waals surface area contributed by atoms with Crippen LogP contribution in [0.1, 0.15) is 129 Å². The van der Waals surface area contributed by atoms with Gasteiger partial charge in [-0.15, -0.1) is 0 Å². The van der Waals surface area contributed by atoms with E-state index in [0.29, 0.717) is 11.0 Å². The molecule has 1 unspecified atom stereocenters. The van der Waals surface area contributed by atoms with Crippen molar-refractivity contribution in [3.8, 4) is 0 Å². The van der Waals surface area contributed by atoms with Crippen molar-refractivity contribution in [2.45, 2.75) is 136 Å². The van der Waals surface area contributed by atoms with Crippen LogP contribution >= 0.6 is 0 Å². The van der Waals surface area contributed by atoms with E-state index in [9.17, 15) is 9.90 Å². The van der Waals surface area contributed by atoms with E-state index in [1.165, 1.54) is 109 Å². The Labute approximate surface area is 194 Å². The lowest BCUT2D eigenvalue weighted by Gasteiger charge is -2.28. The number of unbranched alkanes of at least 4 members (excludes halogenated alkanes) is 17. The van der Waals surface area contributed by atoms with E-state index in [1.54, 1.807) is 6.92 Å². The van der Waals surface area contributed by atoms with Gasteiger partial charge in [-0.1, -0.05) is 110 Å². The van der Waals surface area contributed by atoms with Crippen LogP contribution in [-0.2, 0) is 9.53 Å². The first kappa shape index (κ1) is 30.4. The van der Waals surface area contributed by atoms with Crippen LogP contribution in [0, 0.1) is 0 Å². The number of quaternary nitrogens is 1. The number of aliphatic hydroxyl groups excluding tert-OH is 1. The number of rotatable bonds is 23. The van der Waals surface area contributed by atoms with Crippen molar-refractivity contribution in [3.63, 3.8) is 0 Å². The molecule has 1 atom stereocenters. The zero-order valence-corrected chi connectivity index (χ0v) is 21.6. The fourth-order valence-electron chi connectivity index (χ4n) is 4.13. The zero-order valence-electron chi connectivity index (χ0n) is 21.6. The monoisotopic (exact) mass is 442 g/mol. The quantitative estimate of drug-likeness (QED) is 0.105. The van der Waals surface area contributed by atoms with Gasteiger partial charge in [-0.05, 0) is 19.8 Å². The second-order valence-corrected chi connectivity index (χ2v) is 10.4. The minimum Gasteiger partial charge on any atom is -0.459 e. The summed E-state index contributed by atoms with van der Waals surface area (Å²) in [7, 11) is 4.16. The maximum absolute atomic E-state index is 11.8. The Hall–Kier alpha value is -0.610. The molecule has 0 aliphatic rings. The molecule has 1 N–H and O–H groups in total. The predicted octanol–water partition coefficient (Wildman–Crippen LogP) is 7.03. The molecule has 4 heteroatoms. The van der Waals surface area contributed by atoms with E-state index in [2.05, 4.69) is 21.0 Å². The largest absolute Gasteiger partial charge is 0.459 e. The standard InChI is InChI=1S/C27H56NO3/c1-5-6-7-8-9-10-11-12-13-14-15-16-17-18-19-20-21-22-23-28(3,4)24-27(30)31-25-26(2)29/h26,29H,5-25H2,1-4H3/q+1. The van der Waals surface area contributed by atoms with Gasteiger partial charge in [0.05, 0.1) is 26.7 Å². The lowest BCUT2D eigenvalue weighted by Crippen LogP contribution is -2.45. The van der Waals surface area contributed by atoms with Crippen molar-refractivity contribution >= 4 is 5.97 Å². The third-order valence-electron chi connectivity index (χ3n) is 6.16. The molecule has 0 rings (SSSR count). The van der Waals surface area contributed by atoms with Crippen LogP contribution in [0.3, 0.4) is 0 Å². The summed E-state index contributed by atoms with van der Waals surface area (Å²) in [5, 5.41) is 9.19. The number of ether oxygens (including phenoxy) is 1. The summed E-state index contributed by atoms with van der Waals surface area (Å²) >= 11 is 0. The molecule has 0 amide bonds. The molecule has 186 valence electrons. The molecule has 0 radical (unpaired) electrons. The van der Waals surface area contributed by atoms with Gasteiger partial charge in [0, 0.05) is 0 Å². The number of carbonyl (C=O) groups excluding carboxylic acids is 1. The van der Waals surface area contributed by atoms with Crippen molar-refractivity contribution < 1.29 is 19.1 Å². The number of nitrogens with zero attached hydrogens (tertiary/aromatic N) is 1. The van der Waals surface area contributed by atoms with Crippen molar-refractivity contribution in [2.24, 2.45) is 0 Å². The summed E-state index contributed by atoms with van der Waals surface area (Å²) in [5.41, 5.74) is 0. The van der Waals surface area contributed by atoms with Gasteiger partial charge < -0.3 is 14.3 Å². The van der Waals surface area contributed by atoms with Crippen LogP contribution in [0.4, 0.5) is 0 Å². The Morgan fingerprint density at radius 3 is 1.42 bits per heavy atom. The van der Waals surface area contributed by atoms with Crippen LogP contribution in [0.15, 0.2) is 0 Å². The van der Waals surface area contributed by atoms with Gasteiger partial charge in [0.1, 0.15) is 6.61 Å². The Balaban J connectivity index is 3.33. The summed E-state index contributed by atoms with van der Waals surface area (Å²) in [6, 6.07) is 0. The average Bonchev–Trinajstić information content (AvgIpc) is 2.71. The maximum Gasteiger partial charge on any atom is 0.361 e. The topological polar surface area (TPSA) is 46.5 Å². The number of hydrogen-bond donors (Lipinski definition) is 1. The third kappa shape index (κ3) is 23.9. The van der Waals surface area contributed by atoms with Gasteiger partial charge in [-0.3, -0.25) is 0 Å². The molecule has 0 bridgehead atoms. The van der Waals surface area contributed by atoms with Crippen molar-refractivity contribution in [3.05, 3.63) is 0 Å². The van der Waals surface area contributed by atoms with Gasteiger partial charge in [0.15, 0.2) is 6.54 Å². The predicted molar refractivity (Wildman–Crippen MR) is 133 cm³/mol. The van der Waals surface area contributed by atoms with Crippen LogP contribution in [0.2, 0.25) is 0 Å². The summed E-state index contributed by atoms with van der Waals surface area (Å²) in [4.78, 5) is 11.8. The molecule has 0 saturated heterocycles. The summed E-state index contributed by atoms with van der Waals surface area (Å²) in [6.45, 7) is 5.39. The van der Waals surface area contributed by atoms with Gasteiger partial charge in [0.2, 0.25) is 0 Å². The smallest absolute Gasteiger partial charge is 0.361 e. The second kappa shape index (κ2) is 21.2. The number of likely N-dealkylation sites (N-methyl/N-ethyl adjacent to an activating group) is 1. The van der Waals surface area contributed by atoms with Gasteiger partial charge in [-0.2, -0.15) is 0 Å². The molecule has 0 aromatic rings. The van der Waals surface area contributed by atoms with E-state index in [-0.39, 0.29) is 12.6 Å². The van der Waals surface area contributed by atoms with Gasteiger partial charge >= 0.3 is 5.97 Å². The molecule has 31 heavy (non-hydrogen) atoms.